The first-order chi connectivity index (χ1) is 15.3. The zero-order valence-corrected chi connectivity index (χ0v) is 17.8. The highest BCUT2D eigenvalue weighted by molar-refractivity contribution is 5.80. The number of carbonyl (C=O) groups is 1. The number of piperidine rings is 1. The highest BCUT2D eigenvalue weighted by Crippen LogP contribution is 2.37. The monoisotopic (exact) mass is 449 g/mol. The van der Waals surface area contributed by atoms with Gasteiger partial charge in [-0.15, -0.1) is 0 Å². The van der Waals surface area contributed by atoms with E-state index in [1.165, 1.54) is 12.3 Å². The molecule has 32 heavy (non-hydrogen) atoms. The number of hydrogen-bond acceptors (Lipinski definition) is 5. The molecule has 1 aromatic heterocycles. The Bertz CT molecular complexity index is 967. The van der Waals surface area contributed by atoms with Crippen LogP contribution in [-0.4, -0.2) is 37.2 Å². The molecule has 2 atom stereocenters. The second kappa shape index (κ2) is 9.26. The lowest BCUT2D eigenvalue weighted by molar-refractivity contribution is -0.137. The zero-order valence-electron chi connectivity index (χ0n) is 17.8. The van der Waals surface area contributed by atoms with Crippen molar-refractivity contribution in [2.45, 2.75) is 38.4 Å². The van der Waals surface area contributed by atoms with Crippen LogP contribution in [0, 0.1) is 5.92 Å². The van der Waals surface area contributed by atoms with Crippen LogP contribution >= 0.6 is 0 Å². The van der Waals surface area contributed by atoms with Crippen molar-refractivity contribution in [1.29, 1.82) is 0 Å². The molecule has 1 aromatic carbocycles. The van der Waals surface area contributed by atoms with Gasteiger partial charge in [-0.25, -0.2) is 4.98 Å². The van der Waals surface area contributed by atoms with E-state index in [2.05, 4.69) is 10.3 Å². The lowest BCUT2D eigenvalue weighted by Crippen LogP contribution is -2.44. The number of benzene rings is 1. The summed E-state index contributed by atoms with van der Waals surface area (Å²) in [5.41, 5.74) is 0.0981. The van der Waals surface area contributed by atoms with Crippen molar-refractivity contribution in [2.24, 2.45) is 5.92 Å². The molecule has 1 saturated heterocycles. The van der Waals surface area contributed by atoms with Crippen LogP contribution in [0.2, 0.25) is 0 Å². The molecule has 9 heteroatoms. The third kappa shape index (κ3) is 4.92. The molecule has 0 radical (unpaired) electrons. The van der Waals surface area contributed by atoms with E-state index in [1.54, 1.807) is 4.90 Å². The van der Waals surface area contributed by atoms with Crippen LogP contribution in [0.4, 0.5) is 19.0 Å². The summed E-state index contributed by atoms with van der Waals surface area (Å²) in [4.78, 5) is 18.5. The van der Waals surface area contributed by atoms with Crippen molar-refractivity contribution in [1.82, 2.24) is 10.3 Å². The van der Waals surface area contributed by atoms with E-state index < -0.39 is 17.7 Å². The lowest BCUT2D eigenvalue weighted by atomic mass is 9.96. The van der Waals surface area contributed by atoms with Gasteiger partial charge in [0.05, 0.1) is 30.7 Å². The van der Waals surface area contributed by atoms with E-state index in [-0.39, 0.29) is 24.3 Å². The zero-order chi connectivity index (χ0) is 22.7. The summed E-state index contributed by atoms with van der Waals surface area (Å²) in [6.45, 7) is 3.67. The Labute approximate surface area is 184 Å². The summed E-state index contributed by atoms with van der Waals surface area (Å²) in [7, 11) is 0. The minimum absolute atomic E-state index is 0.117. The Hall–Kier alpha value is -2.97. The average molecular weight is 449 g/mol. The van der Waals surface area contributed by atoms with Gasteiger partial charge in [-0.05, 0) is 49.6 Å². The highest BCUT2D eigenvalue weighted by atomic mass is 19.4. The van der Waals surface area contributed by atoms with Crippen LogP contribution in [0.25, 0.3) is 0 Å². The van der Waals surface area contributed by atoms with Gasteiger partial charge in [-0.2, -0.15) is 13.2 Å². The number of alkyl halides is 3. The van der Waals surface area contributed by atoms with Crippen molar-refractivity contribution in [2.75, 3.05) is 31.2 Å². The smallest absolute Gasteiger partial charge is 0.419 e. The Morgan fingerprint density at radius 3 is 2.75 bits per heavy atom. The molecule has 3 heterocycles. The molecule has 1 amide bonds. The fourth-order valence-corrected chi connectivity index (χ4v) is 4.12. The predicted octanol–water partition coefficient (Wildman–Crippen LogP) is 4.36. The molecule has 2 aliphatic heterocycles. The van der Waals surface area contributed by atoms with Crippen LogP contribution < -0.4 is 19.7 Å². The van der Waals surface area contributed by atoms with E-state index in [0.29, 0.717) is 44.1 Å². The Morgan fingerprint density at radius 1 is 1.19 bits per heavy atom. The molecule has 0 aliphatic carbocycles. The van der Waals surface area contributed by atoms with E-state index >= 15 is 0 Å². The number of anilines is 1. The summed E-state index contributed by atoms with van der Waals surface area (Å²) in [6.07, 6.45) is -1.11. The highest BCUT2D eigenvalue weighted by Gasteiger charge is 2.37. The van der Waals surface area contributed by atoms with Gasteiger partial charge < -0.3 is 19.7 Å². The minimum atomic E-state index is -4.50. The summed E-state index contributed by atoms with van der Waals surface area (Å²) < 4.78 is 51.6. The molecular formula is C23H26F3N3O3. The van der Waals surface area contributed by atoms with Crippen LogP contribution in [0.3, 0.4) is 0 Å². The molecule has 0 spiro atoms. The number of amides is 1. The molecule has 0 bridgehead atoms. The molecule has 0 saturated carbocycles. The SMILES string of the molecule is CC(NC(=O)C1CCCN(c2ncccc2C(F)(F)F)C1)c1ccc2c(c1)OCCCO2. The van der Waals surface area contributed by atoms with Gasteiger partial charge in [-0.3, -0.25) is 4.79 Å². The average Bonchev–Trinajstić information content (AvgIpc) is 3.03. The molecule has 1 fully saturated rings. The van der Waals surface area contributed by atoms with Crippen molar-refractivity contribution in [3.05, 3.63) is 47.7 Å². The first kappa shape index (κ1) is 22.2. The molecule has 4 rings (SSSR count). The number of pyridine rings is 1. The van der Waals surface area contributed by atoms with Gasteiger partial charge in [0.15, 0.2) is 11.5 Å². The number of aromatic nitrogens is 1. The molecule has 172 valence electrons. The summed E-state index contributed by atoms with van der Waals surface area (Å²) in [5.74, 6) is 0.616. The fraction of sp³-hybridized carbons (Fsp3) is 0.478. The Kier molecular flexibility index (Phi) is 6.43. The van der Waals surface area contributed by atoms with Gasteiger partial charge >= 0.3 is 6.18 Å². The van der Waals surface area contributed by atoms with Gasteiger partial charge in [-0.1, -0.05) is 6.07 Å². The van der Waals surface area contributed by atoms with Crippen LogP contribution in [0.5, 0.6) is 11.5 Å². The standard InChI is InChI=1S/C23H26F3N3O3/c1-15(16-7-8-19-20(13-16)32-12-4-11-31-19)28-22(30)17-5-3-10-29(14-17)21-18(23(24,25)26)6-2-9-27-21/h2,6-9,13,15,17H,3-5,10-12,14H2,1H3,(H,28,30). The van der Waals surface area contributed by atoms with Crippen LogP contribution in [-0.2, 0) is 11.0 Å². The summed E-state index contributed by atoms with van der Waals surface area (Å²) >= 11 is 0. The first-order valence-electron chi connectivity index (χ1n) is 10.8. The number of halogens is 3. The number of hydrogen-bond donors (Lipinski definition) is 1. The maximum Gasteiger partial charge on any atom is 0.419 e. The van der Waals surface area contributed by atoms with Crippen LogP contribution in [0.15, 0.2) is 36.5 Å². The molecule has 6 nitrogen and oxygen atoms in total. The van der Waals surface area contributed by atoms with E-state index in [9.17, 15) is 18.0 Å². The predicted molar refractivity (Wildman–Crippen MR) is 113 cm³/mol. The number of ether oxygens (including phenoxy) is 2. The third-order valence-corrected chi connectivity index (χ3v) is 5.81. The first-order valence-corrected chi connectivity index (χ1v) is 10.8. The van der Waals surface area contributed by atoms with Crippen molar-refractivity contribution in [3.8, 4) is 11.5 Å². The van der Waals surface area contributed by atoms with Gasteiger partial charge in [0.2, 0.25) is 5.91 Å². The molecule has 1 N–H and O–H groups in total. The van der Waals surface area contributed by atoms with Gasteiger partial charge in [0.1, 0.15) is 5.82 Å². The molecule has 2 unspecified atom stereocenters. The van der Waals surface area contributed by atoms with Crippen molar-refractivity contribution in [3.63, 3.8) is 0 Å². The summed E-state index contributed by atoms with van der Waals surface area (Å²) in [5, 5.41) is 3.00. The number of carbonyl (C=O) groups excluding carboxylic acids is 1. The van der Waals surface area contributed by atoms with Crippen LogP contribution in [0.1, 0.15) is 43.4 Å². The Morgan fingerprint density at radius 2 is 1.97 bits per heavy atom. The Balaban J connectivity index is 1.44. The number of nitrogens with one attached hydrogen (secondary N) is 1. The summed E-state index contributed by atoms with van der Waals surface area (Å²) in [6, 6.07) is 7.60. The maximum atomic E-state index is 13.4. The minimum Gasteiger partial charge on any atom is -0.490 e. The van der Waals surface area contributed by atoms with E-state index in [4.69, 9.17) is 9.47 Å². The molecule has 2 aromatic rings. The van der Waals surface area contributed by atoms with E-state index in [1.807, 2.05) is 25.1 Å². The van der Waals surface area contributed by atoms with Gasteiger partial charge in [0, 0.05) is 25.7 Å². The second-order valence-corrected chi connectivity index (χ2v) is 8.14. The number of fused-ring (bicyclic) bond motifs is 1. The van der Waals surface area contributed by atoms with E-state index in [0.717, 1.165) is 18.1 Å². The second-order valence-electron chi connectivity index (χ2n) is 8.14. The molecular weight excluding hydrogens is 423 g/mol. The van der Waals surface area contributed by atoms with Crippen molar-refractivity contribution >= 4 is 11.7 Å². The maximum absolute atomic E-state index is 13.4. The number of nitrogens with zero attached hydrogens (tertiary/aromatic N) is 2. The molecule has 2 aliphatic rings. The lowest BCUT2D eigenvalue weighted by Gasteiger charge is -2.34. The largest absolute Gasteiger partial charge is 0.490 e. The van der Waals surface area contributed by atoms with Gasteiger partial charge in [0.25, 0.3) is 0 Å². The number of rotatable bonds is 4. The topological polar surface area (TPSA) is 63.7 Å². The quantitative estimate of drug-likeness (QED) is 0.752. The normalized spacial score (nSPS) is 19.8. The fourth-order valence-electron chi connectivity index (χ4n) is 4.12. The third-order valence-electron chi connectivity index (χ3n) is 5.81. The van der Waals surface area contributed by atoms with Crippen molar-refractivity contribution < 1.29 is 27.4 Å².